The van der Waals surface area contributed by atoms with Crippen LogP contribution in [0.5, 0.6) is 0 Å². The van der Waals surface area contributed by atoms with Gasteiger partial charge in [0.25, 0.3) is 0 Å². The molecule has 0 aromatic heterocycles. The van der Waals surface area contributed by atoms with Crippen LogP contribution in [0.3, 0.4) is 0 Å². The number of benzene rings is 1. The van der Waals surface area contributed by atoms with Crippen LogP contribution in [0.1, 0.15) is 16.8 Å². The van der Waals surface area contributed by atoms with E-state index >= 15 is 0 Å². The van der Waals surface area contributed by atoms with E-state index in [1.54, 1.807) is 6.08 Å². The van der Waals surface area contributed by atoms with Crippen LogP contribution in [0.25, 0.3) is 0 Å². The van der Waals surface area contributed by atoms with E-state index in [9.17, 15) is 13.2 Å². The van der Waals surface area contributed by atoms with Gasteiger partial charge in [0, 0.05) is 13.1 Å². The minimum atomic E-state index is -3.67. The van der Waals surface area contributed by atoms with Crippen molar-refractivity contribution in [2.45, 2.75) is 11.3 Å². The van der Waals surface area contributed by atoms with Crippen molar-refractivity contribution in [1.82, 2.24) is 4.31 Å². The van der Waals surface area contributed by atoms with Crippen molar-refractivity contribution in [3.05, 3.63) is 35.9 Å². The van der Waals surface area contributed by atoms with Crippen molar-refractivity contribution >= 4 is 21.7 Å². The van der Waals surface area contributed by atoms with Crippen LogP contribution in [0.2, 0.25) is 0 Å². The summed E-state index contributed by atoms with van der Waals surface area (Å²) in [5.41, 5.74) is 5.59. The van der Waals surface area contributed by atoms with Gasteiger partial charge in [-0.05, 0) is 24.6 Å². The molecular formula is C12H14N2O4S. The standard InChI is InChI=1S/C12H14N2O4S/c13-10-8-9(12(15)16)4-5-11(10)19(17,18)14-6-2-1-3-7-14/h1-2,4-5,8H,3,6-7,13H2,(H,15,16). The number of rotatable bonds is 3. The minimum Gasteiger partial charge on any atom is -0.478 e. The van der Waals surface area contributed by atoms with Gasteiger partial charge in [-0.1, -0.05) is 12.2 Å². The molecule has 0 aliphatic carbocycles. The molecule has 2 rings (SSSR count). The number of nitrogens with zero attached hydrogens (tertiary/aromatic N) is 1. The summed E-state index contributed by atoms with van der Waals surface area (Å²) in [7, 11) is -3.67. The molecule has 0 atom stereocenters. The third kappa shape index (κ3) is 2.61. The summed E-state index contributed by atoms with van der Waals surface area (Å²) < 4.78 is 26.0. The molecule has 0 spiro atoms. The van der Waals surface area contributed by atoms with Gasteiger partial charge in [0.15, 0.2) is 0 Å². The summed E-state index contributed by atoms with van der Waals surface area (Å²) in [6.07, 6.45) is 4.36. The van der Waals surface area contributed by atoms with Crippen molar-refractivity contribution < 1.29 is 18.3 Å². The van der Waals surface area contributed by atoms with Gasteiger partial charge in [-0.25, -0.2) is 13.2 Å². The number of hydrogen-bond donors (Lipinski definition) is 2. The Morgan fingerprint density at radius 2 is 2.05 bits per heavy atom. The van der Waals surface area contributed by atoms with Gasteiger partial charge in [0.2, 0.25) is 10.0 Å². The molecule has 6 nitrogen and oxygen atoms in total. The van der Waals surface area contributed by atoms with Gasteiger partial charge in [-0.2, -0.15) is 4.31 Å². The lowest BCUT2D eigenvalue weighted by Gasteiger charge is -2.23. The van der Waals surface area contributed by atoms with Crippen LogP contribution in [0.4, 0.5) is 5.69 Å². The maximum Gasteiger partial charge on any atom is 0.335 e. The predicted octanol–water partition coefficient (Wildman–Crippen LogP) is 0.918. The highest BCUT2D eigenvalue weighted by atomic mass is 32.2. The first-order valence-electron chi connectivity index (χ1n) is 5.71. The van der Waals surface area contributed by atoms with Crippen LogP contribution >= 0.6 is 0 Å². The van der Waals surface area contributed by atoms with Crippen LogP contribution in [-0.4, -0.2) is 36.9 Å². The summed E-state index contributed by atoms with van der Waals surface area (Å²) in [5.74, 6) is -1.14. The number of nitrogens with two attached hydrogens (primary N) is 1. The lowest BCUT2D eigenvalue weighted by Crippen LogP contribution is -2.34. The smallest absolute Gasteiger partial charge is 0.335 e. The van der Waals surface area contributed by atoms with Gasteiger partial charge in [-0.15, -0.1) is 0 Å². The number of nitrogen functional groups attached to an aromatic ring is 1. The quantitative estimate of drug-likeness (QED) is 0.634. The van der Waals surface area contributed by atoms with E-state index in [0.717, 1.165) is 6.07 Å². The third-order valence-electron chi connectivity index (χ3n) is 2.90. The number of aromatic carboxylic acids is 1. The topological polar surface area (TPSA) is 101 Å². The van der Waals surface area contributed by atoms with Gasteiger partial charge in [-0.3, -0.25) is 0 Å². The lowest BCUT2D eigenvalue weighted by atomic mass is 10.2. The van der Waals surface area contributed by atoms with Gasteiger partial charge in [0.1, 0.15) is 4.90 Å². The molecule has 0 saturated carbocycles. The van der Waals surface area contributed by atoms with Gasteiger partial charge in [0.05, 0.1) is 11.3 Å². The second kappa shape index (κ2) is 5.02. The van der Waals surface area contributed by atoms with E-state index in [0.29, 0.717) is 19.5 Å². The molecule has 0 bridgehead atoms. The van der Waals surface area contributed by atoms with Crippen molar-refractivity contribution in [3.63, 3.8) is 0 Å². The number of anilines is 1. The molecule has 0 radical (unpaired) electrons. The highest BCUT2D eigenvalue weighted by Gasteiger charge is 2.26. The fourth-order valence-electron chi connectivity index (χ4n) is 1.89. The summed E-state index contributed by atoms with van der Waals surface area (Å²) in [4.78, 5) is 10.7. The Bertz CT molecular complexity index is 637. The monoisotopic (exact) mass is 282 g/mol. The maximum absolute atomic E-state index is 12.4. The molecule has 1 aliphatic rings. The number of sulfonamides is 1. The predicted molar refractivity (Wildman–Crippen MR) is 70.3 cm³/mol. The number of carboxylic acids is 1. The van der Waals surface area contributed by atoms with E-state index in [2.05, 4.69) is 0 Å². The Kier molecular flexibility index (Phi) is 3.59. The van der Waals surface area contributed by atoms with Crippen LogP contribution in [0.15, 0.2) is 35.2 Å². The highest BCUT2D eigenvalue weighted by molar-refractivity contribution is 7.89. The number of carbonyl (C=O) groups is 1. The zero-order chi connectivity index (χ0) is 14.0. The maximum atomic E-state index is 12.4. The fourth-order valence-corrected chi connectivity index (χ4v) is 3.40. The van der Waals surface area contributed by atoms with Gasteiger partial charge < -0.3 is 10.8 Å². The molecular weight excluding hydrogens is 268 g/mol. The summed E-state index contributed by atoms with van der Waals surface area (Å²) in [5, 5.41) is 8.83. The number of hydrogen-bond acceptors (Lipinski definition) is 4. The van der Waals surface area contributed by atoms with E-state index in [1.807, 2.05) is 6.08 Å². The zero-order valence-corrected chi connectivity index (χ0v) is 10.9. The Balaban J connectivity index is 2.40. The molecule has 0 amide bonds. The molecule has 0 fully saturated rings. The molecule has 0 unspecified atom stereocenters. The van der Waals surface area contributed by atoms with E-state index in [-0.39, 0.29) is 16.1 Å². The van der Waals surface area contributed by atoms with Crippen LogP contribution in [-0.2, 0) is 10.0 Å². The fraction of sp³-hybridized carbons (Fsp3) is 0.250. The Morgan fingerprint density at radius 3 is 2.58 bits per heavy atom. The molecule has 0 saturated heterocycles. The van der Waals surface area contributed by atoms with Crippen LogP contribution < -0.4 is 5.73 Å². The van der Waals surface area contributed by atoms with Crippen LogP contribution in [0, 0.1) is 0 Å². The first-order chi connectivity index (χ1) is 8.93. The normalized spacial score (nSPS) is 16.4. The van der Waals surface area contributed by atoms with Crippen molar-refractivity contribution in [2.75, 3.05) is 18.8 Å². The third-order valence-corrected chi connectivity index (χ3v) is 4.83. The average Bonchev–Trinajstić information content (AvgIpc) is 2.39. The minimum absolute atomic E-state index is 0.0324. The van der Waals surface area contributed by atoms with E-state index in [1.165, 1.54) is 16.4 Å². The Labute approximate surface area is 111 Å². The molecule has 1 aromatic rings. The number of carboxylic acid groups (broad SMARTS) is 1. The summed E-state index contributed by atoms with van der Waals surface area (Å²) in [6.45, 7) is 0.710. The second-order valence-corrected chi connectivity index (χ2v) is 6.09. The summed E-state index contributed by atoms with van der Waals surface area (Å²) >= 11 is 0. The zero-order valence-electron chi connectivity index (χ0n) is 10.1. The largest absolute Gasteiger partial charge is 0.478 e. The summed E-state index contributed by atoms with van der Waals surface area (Å²) in [6, 6.07) is 3.65. The van der Waals surface area contributed by atoms with Crippen molar-refractivity contribution in [1.29, 1.82) is 0 Å². The van der Waals surface area contributed by atoms with Crippen molar-refractivity contribution in [2.24, 2.45) is 0 Å². The second-order valence-electron chi connectivity index (χ2n) is 4.18. The molecule has 1 heterocycles. The first kappa shape index (κ1) is 13.6. The molecule has 1 aliphatic heterocycles. The average molecular weight is 282 g/mol. The lowest BCUT2D eigenvalue weighted by molar-refractivity contribution is 0.0697. The first-order valence-corrected chi connectivity index (χ1v) is 7.15. The van der Waals surface area contributed by atoms with Crippen molar-refractivity contribution in [3.8, 4) is 0 Å². The molecule has 7 heteroatoms. The van der Waals surface area contributed by atoms with E-state index < -0.39 is 16.0 Å². The molecule has 1 aromatic carbocycles. The SMILES string of the molecule is Nc1cc(C(=O)O)ccc1S(=O)(=O)N1CC=CCC1. The van der Waals surface area contributed by atoms with E-state index in [4.69, 9.17) is 10.8 Å². The molecule has 102 valence electrons. The molecule has 19 heavy (non-hydrogen) atoms. The highest BCUT2D eigenvalue weighted by Crippen LogP contribution is 2.24. The molecule has 3 N–H and O–H groups in total. The Morgan fingerprint density at radius 1 is 1.32 bits per heavy atom. The Hall–Kier alpha value is -1.86. The van der Waals surface area contributed by atoms with Gasteiger partial charge >= 0.3 is 5.97 Å².